The molecule has 1 heterocycles. The number of morpholine rings is 1. The van der Waals surface area contributed by atoms with Crippen molar-refractivity contribution in [1.29, 1.82) is 0 Å². The van der Waals surface area contributed by atoms with Crippen molar-refractivity contribution in [3.8, 4) is 0 Å². The zero-order valence-electron chi connectivity index (χ0n) is 11.8. The number of carbonyl (C=O) groups is 1. The Balaban J connectivity index is 2.45. The molecule has 0 amide bonds. The first-order valence-corrected chi connectivity index (χ1v) is 6.59. The molecule has 0 aromatic heterocycles. The quantitative estimate of drug-likeness (QED) is 0.905. The molecule has 1 aliphatic rings. The van der Waals surface area contributed by atoms with E-state index in [0.29, 0.717) is 26.3 Å². The highest BCUT2D eigenvalue weighted by molar-refractivity contribution is 5.80. The van der Waals surface area contributed by atoms with Gasteiger partial charge in [-0.1, -0.05) is 29.3 Å². The Morgan fingerprint density at radius 2 is 1.74 bits per heavy atom. The van der Waals surface area contributed by atoms with Crippen LogP contribution in [0.3, 0.4) is 0 Å². The summed E-state index contributed by atoms with van der Waals surface area (Å²) in [6.07, 6.45) is 0. The maximum atomic E-state index is 11.9. The summed E-state index contributed by atoms with van der Waals surface area (Å²) in [7, 11) is 0. The van der Waals surface area contributed by atoms with Gasteiger partial charge in [-0.25, -0.2) is 4.79 Å². The number of carboxylic acid groups (broad SMARTS) is 1. The molecule has 1 N–H and O–H groups in total. The summed E-state index contributed by atoms with van der Waals surface area (Å²) in [4.78, 5) is 13.9. The summed E-state index contributed by atoms with van der Waals surface area (Å²) in [5, 5.41) is 9.74. The van der Waals surface area contributed by atoms with Gasteiger partial charge in [0.05, 0.1) is 13.2 Å². The lowest BCUT2D eigenvalue weighted by Gasteiger charge is -2.40. The molecule has 0 bridgehead atoms. The molecular formula is C15H21NO3. The zero-order valence-corrected chi connectivity index (χ0v) is 11.8. The predicted octanol–water partition coefficient (Wildman–Crippen LogP) is 1.94. The van der Waals surface area contributed by atoms with E-state index in [1.807, 2.05) is 30.9 Å². The van der Waals surface area contributed by atoms with Crippen LogP contribution in [0.2, 0.25) is 0 Å². The van der Waals surface area contributed by atoms with E-state index in [-0.39, 0.29) is 0 Å². The van der Waals surface area contributed by atoms with E-state index in [9.17, 15) is 9.90 Å². The first kappa shape index (κ1) is 14.0. The van der Waals surface area contributed by atoms with Crippen LogP contribution in [0.25, 0.3) is 0 Å². The molecule has 104 valence electrons. The van der Waals surface area contributed by atoms with Gasteiger partial charge in [0, 0.05) is 13.1 Å². The summed E-state index contributed by atoms with van der Waals surface area (Å²) in [5.41, 5.74) is 2.05. The number of hydrogen-bond donors (Lipinski definition) is 1. The number of hydrogen-bond acceptors (Lipinski definition) is 3. The van der Waals surface area contributed by atoms with Gasteiger partial charge in [-0.05, 0) is 26.3 Å². The average Bonchev–Trinajstić information content (AvgIpc) is 2.37. The minimum atomic E-state index is -0.986. The van der Waals surface area contributed by atoms with Gasteiger partial charge in [0.25, 0.3) is 0 Å². The Labute approximate surface area is 114 Å². The lowest BCUT2D eigenvalue weighted by Crippen LogP contribution is -2.54. The molecule has 1 fully saturated rings. The fraction of sp³-hybridized carbons (Fsp3) is 0.533. The molecule has 1 aromatic carbocycles. The van der Waals surface area contributed by atoms with Crippen molar-refractivity contribution >= 4 is 5.97 Å². The third-order valence-corrected chi connectivity index (χ3v) is 3.84. The Kier molecular flexibility index (Phi) is 3.92. The van der Waals surface area contributed by atoms with Crippen molar-refractivity contribution in [1.82, 2.24) is 4.90 Å². The Bertz CT molecular complexity index is 460. The Morgan fingerprint density at radius 1 is 1.21 bits per heavy atom. The molecule has 0 radical (unpaired) electrons. The molecule has 19 heavy (non-hydrogen) atoms. The number of aryl methyl sites for hydroxylation is 2. The molecule has 2 rings (SSSR count). The van der Waals surface area contributed by atoms with Crippen LogP contribution in [-0.4, -0.2) is 42.3 Å². The third-order valence-electron chi connectivity index (χ3n) is 3.84. The molecule has 4 heteroatoms. The second-order valence-electron chi connectivity index (χ2n) is 5.35. The highest BCUT2D eigenvalue weighted by Crippen LogP contribution is 2.31. The number of ether oxygens (including phenoxy) is 1. The molecule has 1 saturated heterocycles. The maximum Gasteiger partial charge on any atom is 0.328 e. The number of rotatable bonds is 3. The monoisotopic (exact) mass is 263 g/mol. The van der Waals surface area contributed by atoms with Crippen LogP contribution < -0.4 is 0 Å². The number of benzene rings is 1. The van der Waals surface area contributed by atoms with Crippen molar-refractivity contribution in [3.63, 3.8) is 0 Å². The number of nitrogens with zero attached hydrogens (tertiary/aromatic N) is 1. The van der Waals surface area contributed by atoms with Gasteiger partial charge >= 0.3 is 5.97 Å². The summed E-state index contributed by atoms with van der Waals surface area (Å²) in [6.45, 7) is 8.26. The fourth-order valence-electron chi connectivity index (χ4n) is 2.71. The Morgan fingerprint density at radius 3 is 2.21 bits per heavy atom. The highest BCUT2D eigenvalue weighted by atomic mass is 16.5. The second kappa shape index (κ2) is 5.31. The molecule has 1 atom stereocenters. The minimum absolute atomic E-state index is 0.591. The van der Waals surface area contributed by atoms with Gasteiger partial charge in [-0.2, -0.15) is 0 Å². The summed E-state index contributed by atoms with van der Waals surface area (Å²) >= 11 is 0. The number of carboxylic acids is 1. The van der Waals surface area contributed by atoms with Crippen LogP contribution in [0.4, 0.5) is 0 Å². The van der Waals surface area contributed by atoms with Gasteiger partial charge in [-0.15, -0.1) is 0 Å². The topological polar surface area (TPSA) is 49.8 Å². The summed E-state index contributed by atoms with van der Waals surface area (Å²) in [5.74, 6) is -0.806. The lowest BCUT2D eigenvalue weighted by atomic mass is 9.87. The SMILES string of the molecule is Cc1cc(C)cc(C(C)(C(=O)O)N2CCOCC2)c1. The van der Waals surface area contributed by atoms with E-state index in [4.69, 9.17) is 4.74 Å². The van der Waals surface area contributed by atoms with Crippen molar-refractivity contribution in [2.24, 2.45) is 0 Å². The van der Waals surface area contributed by atoms with Crippen LogP contribution in [0.15, 0.2) is 18.2 Å². The van der Waals surface area contributed by atoms with Crippen LogP contribution in [0.1, 0.15) is 23.6 Å². The average molecular weight is 263 g/mol. The molecule has 4 nitrogen and oxygen atoms in total. The van der Waals surface area contributed by atoms with E-state index in [1.54, 1.807) is 6.92 Å². The van der Waals surface area contributed by atoms with Gasteiger partial charge in [-0.3, -0.25) is 4.90 Å². The predicted molar refractivity (Wildman–Crippen MR) is 73.3 cm³/mol. The smallest absolute Gasteiger partial charge is 0.328 e. The van der Waals surface area contributed by atoms with Crippen molar-refractivity contribution in [2.75, 3.05) is 26.3 Å². The van der Waals surface area contributed by atoms with E-state index in [2.05, 4.69) is 6.07 Å². The molecular weight excluding hydrogens is 242 g/mol. The van der Waals surface area contributed by atoms with E-state index < -0.39 is 11.5 Å². The third kappa shape index (κ3) is 2.65. The first-order chi connectivity index (χ1) is 8.94. The van der Waals surface area contributed by atoms with Crippen LogP contribution in [0.5, 0.6) is 0 Å². The van der Waals surface area contributed by atoms with Gasteiger partial charge in [0.15, 0.2) is 0 Å². The van der Waals surface area contributed by atoms with E-state index >= 15 is 0 Å². The second-order valence-corrected chi connectivity index (χ2v) is 5.35. The van der Waals surface area contributed by atoms with Gasteiger partial charge < -0.3 is 9.84 Å². The van der Waals surface area contributed by atoms with Gasteiger partial charge in [0.2, 0.25) is 0 Å². The van der Waals surface area contributed by atoms with E-state index in [1.165, 1.54) is 0 Å². The van der Waals surface area contributed by atoms with Crippen LogP contribution >= 0.6 is 0 Å². The zero-order chi connectivity index (χ0) is 14.0. The fourth-order valence-corrected chi connectivity index (χ4v) is 2.71. The van der Waals surface area contributed by atoms with Gasteiger partial charge in [0.1, 0.15) is 5.54 Å². The standard InChI is InChI=1S/C15H21NO3/c1-11-8-12(2)10-13(9-11)15(3,14(17)18)16-4-6-19-7-5-16/h8-10H,4-7H2,1-3H3,(H,17,18). The first-order valence-electron chi connectivity index (χ1n) is 6.59. The van der Waals surface area contributed by atoms with E-state index in [0.717, 1.165) is 16.7 Å². The van der Waals surface area contributed by atoms with Crippen molar-refractivity contribution < 1.29 is 14.6 Å². The molecule has 1 unspecified atom stereocenters. The van der Waals surface area contributed by atoms with Crippen LogP contribution in [-0.2, 0) is 15.1 Å². The number of aliphatic carboxylic acids is 1. The molecule has 0 aliphatic carbocycles. The molecule has 0 spiro atoms. The molecule has 1 aliphatic heterocycles. The van der Waals surface area contributed by atoms with Crippen molar-refractivity contribution in [3.05, 3.63) is 34.9 Å². The largest absolute Gasteiger partial charge is 0.480 e. The normalized spacial score (nSPS) is 19.9. The van der Waals surface area contributed by atoms with Crippen molar-refractivity contribution in [2.45, 2.75) is 26.3 Å². The maximum absolute atomic E-state index is 11.9. The van der Waals surface area contributed by atoms with Crippen LogP contribution in [0, 0.1) is 13.8 Å². The summed E-state index contributed by atoms with van der Waals surface area (Å²) < 4.78 is 5.32. The highest BCUT2D eigenvalue weighted by Gasteiger charge is 2.42. The molecule has 0 saturated carbocycles. The lowest BCUT2D eigenvalue weighted by molar-refractivity contribution is -0.154. The molecule has 1 aromatic rings. The Hall–Kier alpha value is -1.39. The summed E-state index contributed by atoms with van der Waals surface area (Å²) in [6, 6.07) is 6.00. The minimum Gasteiger partial charge on any atom is -0.480 e.